The van der Waals surface area contributed by atoms with Crippen LogP contribution in [0.3, 0.4) is 0 Å². The Morgan fingerprint density at radius 3 is 2.71 bits per heavy atom. The van der Waals surface area contributed by atoms with Crippen LogP contribution >= 0.6 is 0 Å². The molecule has 1 fully saturated rings. The number of rotatable bonds is 8. The average Bonchev–Trinajstić information content (AvgIpc) is 3.35. The number of para-hydroxylation sites is 2. The van der Waals surface area contributed by atoms with E-state index >= 15 is 0 Å². The molecule has 0 unspecified atom stereocenters. The molecule has 1 saturated heterocycles. The standard InChI is InChI=1S/C26H27N5O3/c1-2-32-22-12-6-7-13-23(22)34-20-11-8-14-31(17-20)25-16-27-15-24(29-25)30-26-28-21(18-33-26)19-9-4-3-5-10-19/h3-7,9-10,12-13,15-16,18,20H,2,8,11,14,17H2,1H3,(H,28,29,30)/t20-/m1/s1. The summed E-state index contributed by atoms with van der Waals surface area (Å²) in [5.41, 5.74) is 1.75. The maximum absolute atomic E-state index is 6.31. The maximum atomic E-state index is 6.31. The largest absolute Gasteiger partial charge is 0.490 e. The second-order valence-corrected chi connectivity index (χ2v) is 8.00. The minimum Gasteiger partial charge on any atom is -0.490 e. The van der Waals surface area contributed by atoms with Crippen LogP contribution < -0.4 is 19.7 Å². The fourth-order valence-electron chi connectivity index (χ4n) is 3.99. The summed E-state index contributed by atoms with van der Waals surface area (Å²) in [4.78, 5) is 15.8. The van der Waals surface area contributed by atoms with E-state index in [1.165, 1.54) is 0 Å². The molecular weight excluding hydrogens is 430 g/mol. The Labute approximate surface area is 198 Å². The van der Waals surface area contributed by atoms with Gasteiger partial charge in [-0.15, -0.1) is 0 Å². The SMILES string of the molecule is CCOc1ccccc1O[C@@H]1CCCN(c2cncc(Nc3nc(-c4ccccc4)co3)n2)C1. The Kier molecular flexibility index (Phi) is 6.56. The first kappa shape index (κ1) is 21.8. The highest BCUT2D eigenvalue weighted by Crippen LogP contribution is 2.30. The van der Waals surface area contributed by atoms with Crippen molar-refractivity contribution in [2.45, 2.75) is 25.9 Å². The van der Waals surface area contributed by atoms with Gasteiger partial charge < -0.3 is 18.8 Å². The molecule has 0 saturated carbocycles. The second kappa shape index (κ2) is 10.2. The van der Waals surface area contributed by atoms with Gasteiger partial charge in [0.25, 0.3) is 0 Å². The number of oxazole rings is 1. The normalized spacial score (nSPS) is 15.7. The van der Waals surface area contributed by atoms with Crippen molar-refractivity contribution in [2.75, 3.05) is 29.9 Å². The van der Waals surface area contributed by atoms with Crippen LogP contribution in [0.4, 0.5) is 17.7 Å². The number of ether oxygens (including phenoxy) is 2. The fourth-order valence-corrected chi connectivity index (χ4v) is 3.99. The van der Waals surface area contributed by atoms with Crippen molar-refractivity contribution >= 4 is 17.7 Å². The highest BCUT2D eigenvalue weighted by Gasteiger charge is 2.24. The van der Waals surface area contributed by atoms with E-state index in [-0.39, 0.29) is 6.10 Å². The van der Waals surface area contributed by atoms with Crippen molar-refractivity contribution in [1.29, 1.82) is 0 Å². The summed E-state index contributed by atoms with van der Waals surface area (Å²) in [6.45, 7) is 4.18. The lowest BCUT2D eigenvalue weighted by atomic mass is 10.1. The van der Waals surface area contributed by atoms with E-state index in [1.54, 1.807) is 18.7 Å². The van der Waals surface area contributed by atoms with Crippen LogP contribution in [0.15, 0.2) is 77.7 Å². The molecule has 1 atom stereocenters. The van der Waals surface area contributed by atoms with Crippen molar-refractivity contribution in [3.05, 3.63) is 73.3 Å². The van der Waals surface area contributed by atoms with Crippen molar-refractivity contribution in [1.82, 2.24) is 15.0 Å². The van der Waals surface area contributed by atoms with E-state index in [2.05, 4.69) is 20.2 Å². The Balaban J connectivity index is 1.26. The predicted octanol–water partition coefficient (Wildman–Crippen LogP) is 5.32. The molecule has 2 aromatic heterocycles. The predicted molar refractivity (Wildman–Crippen MR) is 131 cm³/mol. The van der Waals surface area contributed by atoms with Crippen LogP contribution in [0.5, 0.6) is 11.5 Å². The second-order valence-electron chi connectivity index (χ2n) is 8.00. The first-order valence-corrected chi connectivity index (χ1v) is 11.5. The Morgan fingerprint density at radius 1 is 1.03 bits per heavy atom. The summed E-state index contributed by atoms with van der Waals surface area (Å²) in [5.74, 6) is 2.90. The van der Waals surface area contributed by atoms with Gasteiger partial charge in [0.1, 0.15) is 23.9 Å². The first-order valence-electron chi connectivity index (χ1n) is 11.5. The number of aromatic nitrogens is 3. The van der Waals surface area contributed by atoms with Crippen LogP contribution in [0, 0.1) is 0 Å². The van der Waals surface area contributed by atoms with Crippen molar-refractivity contribution in [3.8, 4) is 22.8 Å². The van der Waals surface area contributed by atoms with Crippen LogP contribution in [-0.4, -0.2) is 40.8 Å². The summed E-state index contributed by atoms with van der Waals surface area (Å²) < 4.78 is 17.6. The fraction of sp³-hybridized carbons (Fsp3) is 0.269. The number of benzene rings is 2. The zero-order valence-electron chi connectivity index (χ0n) is 19.1. The van der Waals surface area contributed by atoms with E-state index in [4.69, 9.17) is 18.9 Å². The van der Waals surface area contributed by atoms with Crippen LogP contribution in [0.25, 0.3) is 11.3 Å². The molecule has 1 aliphatic rings. The molecule has 174 valence electrons. The minimum atomic E-state index is 0.0361. The van der Waals surface area contributed by atoms with Gasteiger partial charge in [-0.2, -0.15) is 4.98 Å². The van der Waals surface area contributed by atoms with Gasteiger partial charge in [0, 0.05) is 12.1 Å². The molecule has 2 aromatic carbocycles. The number of hydrogen-bond acceptors (Lipinski definition) is 8. The summed E-state index contributed by atoms with van der Waals surface area (Å²) in [5, 5.41) is 3.12. The molecule has 1 N–H and O–H groups in total. The highest BCUT2D eigenvalue weighted by molar-refractivity contribution is 5.60. The van der Waals surface area contributed by atoms with Gasteiger partial charge >= 0.3 is 6.01 Å². The Bertz CT molecular complexity index is 1210. The lowest BCUT2D eigenvalue weighted by molar-refractivity contribution is 0.170. The van der Waals surface area contributed by atoms with Crippen LogP contribution in [0.1, 0.15) is 19.8 Å². The van der Waals surface area contributed by atoms with Crippen LogP contribution in [0.2, 0.25) is 0 Å². The monoisotopic (exact) mass is 457 g/mol. The van der Waals surface area contributed by atoms with Gasteiger partial charge in [0.15, 0.2) is 17.3 Å². The van der Waals surface area contributed by atoms with Gasteiger partial charge in [-0.25, -0.2) is 4.98 Å². The van der Waals surface area contributed by atoms with Crippen LogP contribution in [-0.2, 0) is 0 Å². The van der Waals surface area contributed by atoms with E-state index in [1.807, 2.05) is 61.5 Å². The summed E-state index contributed by atoms with van der Waals surface area (Å²) in [6.07, 6.45) is 7.07. The smallest absolute Gasteiger partial charge is 0.300 e. The molecule has 0 aliphatic carbocycles. The first-order chi connectivity index (χ1) is 16.8. The topological polar surface area (TPSA) is 85.5 Å². The summed E-state index contributed by atoms with van der Waals surface area (Å²) in [6, 6.07) is 18.1. The third kappa shape index (κ3) is 5.11. The van der Waals surface area contributed by atoms with Crippen molar-refractivity contribution < 1.29 is 13.9 Å². The number of anilines is 3. The molecule has 8 nitrogen and oxygen atoms in total. The van der Waals surface area contributed by atoms with E-state index in [9.17, 15) is 0 Å². The number of nitrogens with one attached hydrogen (secondary N) is 1. The molecule has 34 heavy (non-hydrogen) atoms. The zero-order valence-corrected chi connectivity index (χ0v) is 19.1. The summed E-state index contributed by atoms with van der Waals surface area (Å²) in [7, 11) is 0. The van der Waals surface area contributed by atoms with Gasteiger partial charge in [-0.3, -0.25) is 10.3 Å². The molecule has 0 spiro atoms. The molecule has 0 radical (unpaired) electrons. The van der Waals surface area contributed by atoms with Gasteiger partial charge in [-0.05, 0) is 31.9 Å². The molecule has 1 aliphatic heterocycles. The van der Waals surface area contributed by atoms with Gasteiger partial charge in [0.2, 0.25) is 0 Å². The van der Waals surface area contributed by atoms with E-state index < -0.39 is 0 Å². The van der Waals surface area contributed by atoms with Gasteiger partial charge in [0.05, 0.1) is 25.5 Å². The molecule has 8 heteroatoms. The third-order valence-electron chi connectivity index (χ3n) is 5.58. The molecule has 5 rings (SSSR count). The number of piperidine rings is 1. The van der Waals surface area contributed by atoms with E-state index in [0.717, 1.165) is 54.5 Å². The minimum absolute atomic E-state index is 0.0361. The maximum Gasteiger partial charge on any atom is 0.300 e. The van der Waals surface area contributed by atoms with Gasteiger partial charge in [-0.1, -0.05) is 42.5 Å². The average molecular weight is 458 g/mol. The summed E-state index contributed by atoms with van der Waals surface area (Å²) >= 11 is 0. The lowest BCUT2D eigenvalue weighted by Gasteiger charge is -2.33. The quantitative estimate of drug-likeness (QED) is 0.380. The lowest BCUT2D eigenvalue weighted by Crippen LogP contribution is -2.41. The third-order valence-corrected chi connectivity index (χ3v) is 5.58. The Morgan fingerprint density at radius 2 is 1.85 bits per heavy atom. The van der Waals surface area contributed by atoms with E-state index in [0.29, 0.717) is 18.4 Å². The zero-order chi connectivity index (χ0) is 23.2. The van der Waals surface area contributed by atoms with Crippen molar-refractivity contribution in [2.24, 2.45) is 0 Å². The number of nitrogens with zero attached hydrogens (tertiary/aromatic N) is 4. The molecule has 0 amide bonds. The molecule has 4 aromatic rings. The van der Waals surface area contributed by atoms with Crippen molar-refractivity contribution in [3.63, 3.8) is 0 Å². The molecule has 0 bridgehead atoms. The Hall–Kier alpha value is -4.07. The highest BCUT2D eigenvalue weighted by atomic mass is 16.5. The molecular formula is C26H27N5O3. The molecule has 3 heterocycles. The number of hydrogen-bond donors (Lipinski definition) is 1.